The van der Waals surface area contributed by atoms with Crippen LogP contribution >= 0.6 is 11.8 Å². The van der Waals surface area contributed by atoms with E-state index in [1.807, 2.05) is 42.1 Å². The normalized spacial score (nSPS) is 21.8. The first-order chi connectivity index (χ1) is 9.75. The summed E-state index contributed by atoms with van der Waals surface area (Å²) in [6, 6.07) is 9.67. The van der Waals surface area contributed by atoms with Gasteiger partial charge < -0.3 is 10.3 Å². The lowest BCUT2D eigenvalue weighted by Crippen LogP contribution is -2.33. The number of nitrogens with two attached hydrogens (primary N) is 1. The predicted molar refractivity (Wildman–Crippen MR) is 79.5 cm³/mol. The van der Waals surface area contributed by atoms with Crippen molar-refractivity contribution in [3.8, 4) is 0 Å². The van der Waals surface area contributed by atoms with Crippen molar-refractivity contribution in [3.05, 3.63) is 47.6 Å². The van der Waals surface area contributed by atoms with Crippen molar-refractivity contribution >= 4 is 11.8 Å². The number of thioether (sulfide) groups is 1. The maximum Gasteiger partial charge on any atom is 0.248 e. The molecular weight excluding hydrogens is 272 g/mol. The highest BCUT2D eigenvalue weighted by molar-refractivity contribution is 7.99. The van der Waals surface area contributed by atoms with Crippen molar-refractivity contribution in [2.24, 2.45) is 5.73 Å². The Kier molecular flexibility index (Phi) is 4.05. The number of hydrogen-bond donors (Lipinski definition) is 1. The summed E-state index contributed by atoms with van der Waals surface area (Å²) in [5.74, 6) is 3.37. The molecule has 3 rings (SSSR count). The zero-order valence-corrected chi connectivity index (χ0v) is 12.2. The Hall–Kier alpha value is -1.37. The standard InChI is InChI=1S/C14H18N4OS/c1-18-7-8-20-9-11(18)13-16-14(19-17-13)12(15)10-5-3-2-4-6-10/h2-6,11-12H,7-9,15H2,1H3/t11?,12-/m1/s1. The van der Waals surface area contributed by atoms with Crippen LogP contribution in [0, 0.1) is 0 Å². The van der Waals surface area contributed by atoms with Crippen LogP contribution in [0.3, 0.4) is 0 Å². The van der Waals surface area contributed by atoms with Gasteiger partial charge in [0.1, 0.15) is 6.04 Å². The first kappa shape index (κ1) is 13.6. The molecule has 0 bridgehead atoms. The Morgan fingerprint density at radius 2 is 2.20 bits per heavy atom. The maximum absolute atomic E-state index is 6.18. The van der Waals surface area contributed by atoms with Crippen LogP contribution in [0.25, 0.3) is 0 Å². The molecule has 1 aliphatic heterocycles. The van der Waals surface area contributed by atoms with Crippen LogP contribution in [0.2, 0.25) is 0 Å². The van der Waals surface area contributed by atoms with Gasteiger partial charge in [0.2, 0.25) is 5.89 Å². The Bertz CT molecular complexity index is 559. The van der Waals surface area contributed by atoms with E-state index in [1.165, 1.54) is 0 Å². The largest absolute Gasteiger partial charge is 0.337 e. The third kappa shape index (κ3) is 2.72. The molecule has 2 N–H and O–H groups in total. The summed E-state index contributed by atoms with van der Waals surface area (Å²) >= 11 is 1.92. The summed E-state index contributed by atoms with van der Waals surface area (Å²) in [5, 5.41) is 4.12. The zero-order chi connectivity index (χ0) is 13.9. The molecular formula is C14H18N4OS. The van der Waals surface area contributed by atoms with E-state index >= 15 is 0 Å². The number of aromatic nitrogens is 2. The van der Waals surface area contributed by atoms with E-state index in [0.29, 0.717) is 5.89 Å². The van der Waals surface area contributed by atoms with Crippen molar-refractivity contribution in [1.82, 2.24) is 15.0 Å². The van der Waals surface area contributed by atoms with Crippen molar-refractivity contribution < 1.29 is 4.52 Å². The van der Waals surface area contributed by atoms with Gasteiger partial charge in [0.15, 0.2) is 5.82 Å². The second-order valence-electron chi connectivity index (χ2n) is 4.95. The Morgan fingerprint density at radius 1 is 1.40 bits per heavy atom. The lowest BCUT2D eigenvalue weighted by Gasteiger charge is -2.29. The fraction of sp³-hybridized carbons (Fsp3) is 0.429. The molecule has 1 unspecified atom stereocenters. The van der Waals surface area contributed by atoms with E-state index in [4.69, 9.17) is 10.3 Å². The molecule has 2 heterocycles. The SMILES string of the molecule is CN1CCSCC1c1noc([C@H](N)c2ccccc2)n1. The first-order valence-electron chi connectivity index (χ1n) is 6.67. The van der Waals surface area contributed by atoms with E-state index in [2.05, 4.69) is 22.1 Å². The highest BCUT2D eigenvalue weighted by Crippen LogP contribution is 2.27. The van der Waals surface area contributed by atoms with Crippen molar-refractivity contribution in [2.45, 2.75) is 12.1 Å². The summed E-state index contributed by atoms with van der Waals surface area (Å²) in [4.78, 5) is 6.77. The van der Waals surface area contributed by atoms with E-state index in [0.717, 1.165) is 29.4 Å². The molecule has 106 valence electrons. The lowest BCUT2D eigenvalue weighted by molar-refractivity contribution is 0.256. The Morgan fingerprint density at radius 3 is 2.95 bits per heavy atom. The van der Waals surface area contributed by atoms with Crippen molar-refractivity contribution in [2.75, 3.05) is 25.1 Å². The highest BCUT2D eigenvalue weighted by Gasteiger charge is 2.27. The molecule has 6 heteroatoms. The van der Waals surface area contributed by atoms with Gasteiger partial charge in [-0.1, -0.05) is 35.5 Å². The summed E-state index contributed by atoms with van der Waals surface area (Å²) < 4.78 is 5.36. The molecule has 1 aliphatic rings. The van der Waals surface area contributed by atoms with Crippen LogP contribution in [0.4, 0.5) is 0 Å². The van der Waals surface area contributed by atoms with Crippen LogP contribution in [0.1, 0.15) is 29.4 Å². The first-order valence-corrected chi connectivity index (χ1v) is 7.83. The van der Waals surface area contributed by atoms with Crippen LogP contribution in [-0.2, 0) is 0 Å². The smallest absolute Gasteiger partial charge is 0.248 e. The van der Waals surface area contributed by atoms with Crippen LogP contribution in [-0.4, -0.2) is 40.1 Å². The molecule has 5 nitrogen and oxygen atoms in total. The average Bonchev–Trinajstić information content (AvgIpc) is 2.97. The molecule has 0 amide bonds. The topological polar surface area (TPSA) is 68.2 Å². The van der Waals surface area contributed by atoms with Gasteiger partial charge in [-0.25, -0.2) is 0 Å². The van der Waals surface area contributed by atoms with E-state index < -0.39 is 0 Å². The van der Waals surface area contributed by atoms with Gasteiger partial charge in [-0.3, -0.25) is 4.90 Å². The predicted octanol–water partition coefficient (Wildman–Crippen LogP) is 1.84. The summed E-state index contributed by atoms with van der Waals surface area (Å²) in [6.45, 7) is 1.05. The fourth-order valence-corrected chi connectivity index (χ4v) is 3.48. The third-order valence-corrected chi connectivity index (χ3v) is 4.60. The summed E-state index contributed by atoms with van der Waals surface area (Å²) in [7, 11) is 2.09. The molecule has 0 radical (unpaired) electrons. The van der Waals surface area contributed by atoms with Crippen LogP contribution in [0.15, 0.2) is 34.9 Å². The molecule has 1 saturated heterocycles. The van der Waals surface area contributed by atoms with Gasteiger partial charge in [-0.15, -0.1) is 0 Å². The number of rotatable bonds is 3. The van der Waals surface area contributed by atoms with E-state index in [-0.39, 0.29) is 12.1 Å². The number of benzene rings is 1. The van der Waals surface area contributed by atoms with Crippen molar-refractivity contribution in [3.63, 3.8) is 0 Å². The second kappa shape index (κ2) is 5.95. The molecule has 0 saturated carbocycles. The molecule has 0 aliphatic carbocycles. The second-order valence-corrected chi connectivity index (χ2v) is 6.10. The molecule has 1 fully saturated rings. The van der Waals surface area contributed by atoms with Gasteiger partial charge in [0, 0.05) is 18.1 Å². The summed E-state index contributed by atoms with van der Waals surface area (Å²) in [5.41, 5.74) is 7.16. The van der Waals surface area contributed by atoms with Gasteiger partial charge >= 0.3 is 0 Å². The molecule has 2 aromatic rings. The van der Waals surface area contributed by atoms with E-state index in [9.17, 15) is 0 Å². The van der Waals surface area contributed by atoms with Crippen LogP contribution < -0.4 is 5.73 Å². The molecule has 20 heavy (non-hydrogen) atoms. The van der Waals surface area contributed by atoms with Gasteiger partial charge in [-0.05, 0) is 12.6 Å². The Balaban J connectivity index is 1.79. The molecule has 1 aromatic carbocycles. The van der Waals surface area contributed by atoms with Crippen LogP contribution in [0.5, 0.6) is 0 Å². The van der Waals surface area contributed by atoms with Gasteiger partial charge in [-0.2, -0.15) is 16.7 Å². The minimum absolute atomic E-state index is 0.217. The average molecular weight is 290 g/mol. The molecule has 0 spiro atoms. The Labute approximate surface area is 122 Å². The maximum atomic E-state index is 6.18. The fourth-order valence-electron chi connectivity index (χ4n) is 2.27. The third-order valence-electron chi connectivity index (χ3n) is 3.58. The zero-order valence-electron chi connectivity index (χ0n) is 11.4. The highest BCUT2D eigenvalue weighted by atomic mass is 32.2. The monoisotopic (exact) mass is 290 g/mol. The number of nitrogens with zero attached hydrogens (tertiary/aromatic N) is 3. The van der Waals surface area contributed by atoms with E-state index in [1.54, 1.807) is 0 Å². The minimum Gasteiger partial charge on any atom is -0.337 e. The number of hydrogen-bond acceptors (Lipinski definition) is 6. The van der Waals surface area contributed by atoms with Crippen molar-refractivity contribution in [1.29, 1.82) is 0 Å². The molecule has 2 atom stereocenters. The lowest BCUT2D eigenvalue weighted by atomic mass is 10.1. The van der Waals surface area contributed by atoms with Gasteiger partial charge in [0.05, 0.1) is 6.04 Å². The van der Waals surface area contributed by atoms with Gasteiger partial charge in [0.25, 0.3) is 0 Å². The quantitative estimate of drug-likeness (QED) is 0.930. The minimum atomic E-state index is -0.362. The summed E-state index contributed by atoms with van der Waals surface area (Å²) in [6.07, 6.45) is 0. The molecule has 1 aromatic heterocycles.